The fourth-order valence-corrected chi connectivity index (χ4v) is 3.14. The van der Waals surface area contributed by atoms with E-state index in [1.54, 1.807) is 6.07 Å². The topological polar surface area (TPSA) is 74.7 Å². The maximum absolute atomic E-state index is 8.88. The van der Waals surface area contributed by atoms with Crippen LogP contribution in [0.2, 0.25) is 0 Å². The highest BCUT2D eigenvalue weighted by molar-refractivity contribution is 7.99. The van der Waals surface area contributed by atoms with E-state index in [1.807, 2.05) is 23.9 Å². The number of aromatic nitrogens is 1. The van der Waals surface area contributed by atoms with Crippen LogP contribution in [0.5, 0.6) is 0 Å². The van der Waals surface area contributed by atoms with Crippen molar-refractivity contribution in [2.24, 2.45) is 0 Å². The Hall–Kier alpha value is -1.41. The number of hydrogen-bond acceptors (Lipinski definition) is 5. The molecule has 0 aliphatic heterocycles. The highest BCUT2D eigenvalue weighted by atomic mass is 32.2. The number of nitrogens with zero attached hydrogens (tertiary/aromatic N) is 2. The summed E-state index contributed by atoms with van der Waals surface area (Å²) in [5, 5.41) is 12.9. The lowest BCUT2D eigenvalue weighted by Crippen LogP contribution is -2.26. The van der Waals surface area contributed by atoms with E-state index in [0.717, 1.165) is 5.82 Å². The number of nitrogen functional groups attached to an aromatic ring is 1. The summed E-state index contributed by atoms with van der Waals surface area (Å²) >= 11 is 1.89. The lowest BCUT2D eigenvalue weighted by Gasteiger charge is -2.19. The van der Waals surface area contributed by atoms with Crippen LogP contribution in [0.3, 0.4) is 0 Å². The third kappa shape index (κ3) is 2.64. The maximum Gasteiger partial charge on any atom is 0.165 e. The van der Waals surface area contributed by atoms with Crippen LogP contribution in [0.4, 0.5) is 11.5 Å². The third-order valence-electron chi connectivity index (χ3n) is 3.12. The molecule has 90 valence electrons. The highest BCUT2D eigenvalue weighted by Gasteiger charge is 2.26. The second-order valence-corrected chi connectivity index (χ2v) is 5.28. The zero-order valence-corrected chi connectivity index (χ0v) is 10.6. The van der Waals surface area contributed by atoms with E-state index in [4.69, 9.17) is 11.0 Å². The van der Waals surface area contributed by atoms with Crippen LogP contribution in [-0.2, 0) is 0 Å². The van der Waals surface area contributed by atoms with E-state index in [0.29, 0.717) is 22.7 Å². The number of rotatable bonds is 3. The summed E-state index contributed by atoms with van der Waals surface area (Å²) < 4.78 is 0. The molecule has 1 aliphatic rings. The Kier molecular flexibility index (Phi) is 3.75. The van der Waals surface area contributed by atoms with Gasteiger partial charge in [0.15, 0.2) is 5.69 Å². The van der Waals surface area contributed by atoms with Crippen molar-refractivity contribution < 1.29 is 0 Å². The van der Waals surface area contributed by atoms with Crippen molar-refractivity contribution in [2.45, 2.75) is 30.6 Å². The van der Waals surface area contributed by atoms with Crippen molar-refractivity contribution in [2.75, 3.05) is 17.3 Å². The molecule has 17 heavy (non-hydrogen) atoms. The number of hydrogen-bond donors (Lipinski definition) is 2. The molecule has 1 aromatic rings. The van der Waals surface area contributed by atoms with Gasteiger partial charge in [-0.15, -0.1) is 0 Å². The smallest absolute Gasteiger partial charge is 0.165 e. The Balaban J connectivity index is 2.11. The van der Waals surface area contributed by atoms with Gasteiger partial charge < -0.3 is 11.1 Å². The summed E-state index contributed by atoms with van der Waals surface area (Å²) in [6.07, 6.45) is 5.81. The Morgan fingerprint density at radius 2 is 2.35 bits per heavy atom. The molecule has 0 bridgehead atoms. The zero-order chi connectivity index (χ0) is 12.3. The minimum atomic E-state index is 0.300. The molecule has 1 fully saturated rings. The molecule has 1 heterocycles. The monoisotopic (exact) mass is 248 g/mol. The summed E-state index contributed by atoms with van der Waals surface area (Å²) in [6, 6.07) is 6.03. The Morgan fingerprint density at radius 1 is 1.53 bits per heavy atom. The van der Waals surface area contributed by atoms with E-state index in [2.05, 4.69) is 16.6 Å². The largest absolute Gasteiger partial charge is 0.396 e. The van der Waals surface area contributed by atoms with Crippen LogP contribution in [0.25, 0.3) is 0 Å². The molecule has 2 rings (SSSR count). The molecule has 3 N–H and O–H groups in total. The average molecular weight is 248 g/mol. The number of nitrogens with two attached hydrogens (primary N) is 1. The minimum absolute atomic E-state index is 0.300. The first-order chi connectivity index (χ1) is 8.24. The van der Waals surface area contributed by atoms with Crippen molar-refractivity contribution in [3.05, 3.63) is 17.8 Å². The fourth-order valence-electron chi connectivity index (χ4n) is 2.20. The first-order valence-electron chi connectivity index (χ1n) is 5.70. The summed E-state index contributed by atoms with van der Waals surface area (Å²) in [4.78, 5) is 4.22. The maximum atomic E-state index is 8.88. The number of pyridine rings is 1. The quantitative estimate of drug-likeness (QED) is 0.858. The van der Waals surface area contributed by atoms with Gasteiger partial charge in [0.25, 0.3) is 0 Å². The van der Waals surface area contributed by atoms with Crippen LogP contribution in [-0.4, -0.2) is 22.5 Å². The van der Waals surface area contributed by atoms with E-state index in [9.17, 15) is 0 Å². The van der Waals surface area contributed by atoms with Crippen molar-refractivity contribution in [3.8, 4) is 6.07 Å². The summed E-state index contributed by atoms with van der Waals surface area (Å²) in [6.45, 7) is 0. The van der Waals surface area contributed by atoms with Crippen LogP contribution < -0.4 is 11.1 Å². The number of anilines is 2. The standard InChI is InChI=1S/C12H16N4S/c1-17-11-4-2-3-9(11)15-12-6-5-8(14)10(7-13)16-12/h5-6,9,11H,2-4,14H2,1H3,(H,15,16). The predicted octanol–water partition coefficient (Wildman–Crippen LogP) is 2.23. The Labute approximate surface area is 106 Å². The van der Waals surface area contributed by atoms with Gasteiger partial charge >= 0.3 is 0 Å². The molecule has 2 atom stereocenters. The molecule has 0 amide bonds. The van der Waals surface area contributed by atoms with E-state index in [1.165, 1.54) is 19.3 Å². The highest BCUT2D eigenvalue weighted by Crippen LogP contribution is 2.30. The summed E-state index contributed by atoms with van der Waals surface area (Å²) in [5.74, 6) is 0.752. The van der Waals surface area contributed by atoms with Gasteiger partial charge in [0.05, 0.1) is 5.69 Å². The first kappa shape index (κ1) is 12.1. The zero-order valence-electron chi connectivity index (χ0n) is 9.81. The Bertz CT molecular complexity index is 441. The van der Waals surface area contributed by atoms with Gasteiger partial charge in [-0.2, -0.15) is 17.0 Å². The number of nitriles is 1. The molecule has 5 heteroatoms. The summed E-state index contributed by atoms with van der Waals surface area (Å²) in [7, 11) is 0. The minimum Gasteiger partial charge on any atom is -0.396 e. The van der Waals surface area contributed by atoms with Crippen LogP contribution in [0, 0.1) is 11.3 Å². The lowest BCUT2D eigenvalue weighted by molar-refractivity contribution is 0.763. The molecule has 0 saturated heterocycles. The van der Waals surface area contributed by atoms with Crippen molar-refractivity contribution in [1.29, 1.82) is 5.26 Å². The molecular weight excluding hydrogens is 232 g/mol. The van der Waals surface area contributed by atoms with Crippen LogP contribution in [0.15, 0.2) is 12.1 Å². The van der Waals surface area contributed by atoms with Crippen LogP contribution in [0.1, 0.15) is 25.0 Å². The molecule has 1 aliphatic carbocycles. The second kappa shape index (κ2) is 5.28. The van der Waals surface area contributed by atoms with Gasteiger partial charge in [-0.05, 0) is 31.2 Å². The fraction of sp³-hybridized carbons (Fsp3) is 0.500. The summed E-state index contributed by atoms with van der Waals surface area (Å²) in [5.41, 5.74) is 6.38. The van der Waals surface area contributed by atoms with Gasteiger partial charge in [-0.25, -0.2) is 4.98 Å². The average Bonchev–Trinajstić information content (AvgIpc) is 2.79. The Morgan fingerprint density at radius 3 is 3.06 bits per heavy atom. The van der Waals surface area contributed by atoms with Gasteiger partial charge in [0.1, 0.15) is 11.9 Å². The molecule has 1 saturated carbocycles. The van der Waals surface area contributed by atoms with Crippen molar-refractivity contribution in [3.63, 3.8) is 0 Å². The lowest BCUT2D eigenvalue weighted by atomic mass is 10.2. The van der Waals surface area contributed by atoms with E-state index >= 15 is 0 Å². The molecule has 4 nitrogen and oxygen atoms in total. The van der Waals surface area contributed by atoms with Gasteiger partial charge in [-0.3, -0.25) is 0 Å². The van der Waals surface area contributed by atoms with E-state index in [-0.39, 0.29) is 0 Å². The molecule has 0 radical (unpaired) electrons. The first-order valence-corrected chi connectivity index (χ1v) is 6.99. The molecule has 2 unspecified atom stereocenters. The number of thioether (sulfide) groups is 1. The van der Waals surface area contributed by atoms with Gasteiger partial charge in [-0.1, -0.05) is 6.42 Å². The van der Waals surface area contributed by atoms with Crippen molar-refractivity contribution in [1.82, 2.24) is 4.98 Å². The molecule has 0 spiro atoms. The molecular formula is C12H16N4S. The molecule has 0 aromatic carbocycles. The predicted molar refractivity (Wildman–Crippen MR) is 71.9 cm³/mol. The van der Waals surface area contributed by atoms with Crippen LogP contribution >= 0.6 is 11.8 Å². The van der Waals surface area contributed by atoms with Gasteiger partial charge in [0, 0.05) is 11.3 Å². The third-order valence-corrected chi connectivity index (χ3v) is 4.29. The van der Waals surface area contributed by atoms with E-state index < -0.39 is 0 Å². The normalized spacial score (nSPS) is 23.3. The van der Waals surface area contributed by atoms with Gasteiger partial charge in [0.2, 0.25) is 0 Å². The van der Waals surface area contributed by atoms with Crippen molar-refractivity contribution >= 4 is 23.3 Å². The molecule has 1 aromatic heterocycles. The second-order valence-electron chi connectivity index (χ2n) is 4.20. The number of nitrogens with one attached hydrogen (secondary N) is 1. The SMILES string of the molecule is CSC1CCCC1Nc1ccc(N)c(C#N)n1.